The molecule has 0 radical (unpaired) electrons. The van der Waals surface area contributed by atoms with Crippen LogP contribution < -0.4 is 10.6 Å². The second kappa shape index (κ2) is 8.09. The van der Waals surface area contributed by atoms with Gasteiger partial charge in [-0.15, -0.1) is 11.3 Å². The Morgan fingerprint density at radius 2 is 2.17 bits per heavy atom. The van der Waals surface area contributed by atoms with Crippen molar-refractivity contribution in [2.24, 2.45) is 0 Å². The van der Waals surface area contributed by atoms with E-state index in [1.165, 1.54) is 11.3 Å². The molecule has 0 spiro atoms. The van der Waals surface area contributed by atoms with E-state index < -0.39 is 0 Å². The summed E-state index contributed by atoms with van der Waals surface area (Å²) in [5, 5.41) is 6.41. The van der Waals surface area contributed by atoms with Crippen molar-refractivity contribution in [1.82, 2.24) is 15.5 Å². The van der Waals surface area contributed by atoms with Crippen molar-refractivity contribution in [2.45, 2.75) is 38.3 Å². The first-order valence-electron chi connectivity index (χ1n) is 8.58. The number of ether oxygens (including phenoxy) is 1. The van der Waals surface area contributed by atoms with Gasteiger partial charge in [0.2, 0.25) is 5.91 Å². The summed E-state index contributed by atoms with van der Waals surface area (Å²) in [5.74, 6) is 0.179. The fourth-order valence-corrected chi connectivity index (χ4v) is 3.95. The lowest BCUT2D eigenvalue weighted by atomic mass is 10.0. The van der Waals surface area contributed by atoms with Crippen LogP contribution >= 0.6 is 11.3 Å². The highest BCUT2D eigenvalue weighted by Crippen LogP contribution is 2.17. The van der Waals surface area contributed by atoms with Gasteiger partial charge in [0.1, 0.15) is 0 Å². The normalized spacial score (nSPS) is 22.4. The minimum atomic E-state index is 0.00132. The molecule has 1 aromatic heterocycles. The van der Waals surface area contributed by atoms with Crippen LogP contribution in [0.4, 0.5) is 0 Å². The number of carbonyl (C=O) groups is 2. The maximum Gasteiger partial charge on any atom is 0.261 e. The number of carbonyl (C=O) groups excluding carboxylic acids is 2. The monoisotopic (exact) mass is 351 g/mol. The molecular formula is C17H25N3O3S. The van der Waals surface area contributed by atoms with Crippen molar-refractivity contribution >= 4 is 23.2 Å². The van der Waals surface area contributed by atoms with Gasteiger partial charge < -0.3 is 20.3 Å². The number of aryl methyl sites for hydroxylation is 1. The first-order valence-corrected chi connectivity index (χ1v) is 9.39. The number of nitrogens with one attached hydrogen (secondary N) is 2. The predicted molar refractivity (Wildman–Crippen MR) is 93.4 cm³/mol. The molecule has 3 heterocycles. The SMILES string of the molecule is Cc1ccc(C(=O)NC2CCN(C(=O)CC3COCCN3)CC2)s1. The predicted octanol–water partition coefficient (Wildman–Crippen LogP) is 1.16. The van der Waals surface area contributed by atoms with Crippen LogP contribution in [0, 0.1) is 6.92 Å². The second-order valence-corrected chi connectivity index (χ2v) is 7.76. The Balaban J connectivity index is 1.41. The largest absolute Gasteiger partial charge is 0.378 e. The van der Waals surface area contributed by atoms with Gasteiger partial charge in [-0.2, -0.15) is 0 Å². The van der Waals surface area contributed by atoms with E-state index in [2.05, 4.69) is 10.6 Å². The van der Waals surface area contributed by atoms with E-state index in [9.17, 15) is 9.59 Å². The van der Waals surface area contributed by atoms with Crippen molar-refractivity contribution in [3.8, 4) is 0 Å². The molecule has 0 aliphatic carbocycles. The summed E-state index contributed by atoms with van der Waals surface area (Å²) in [6, 6.07) is 4.11. The molecular weight excluding hydrogens is 326 g/mol. The molecule has 132 valence electrons. The van der Waals surface area contributed by atoms with Crippen molar-refractivity contribution < 1.29 is 14.3 Å². The van der Waals surface area contributed by atoms with Crippen LogP contribution in [0.25, 0.3) is 0 Å². The van der Waals surface area contributed by atoms with Crippen LogP contribution in [0.15, 0.2) is 12.1 Å². The minimum Gasteiger partial charge on any atom is -0.378 e. The van der Waals surface area contributed by atoms with Crippen molar-refractivity contribution in [2.75, 3.05) is 32.8 Å². The second-order valence-electron chi connectivity index (χ2n) is 6.47. The summed E-state index contributed by atoms with van der Waals surface area (Å²) in [6.07, 6.45) is 2.12. The number of hydrogen-bond acceptors (Lipinski definition) is 5. The Kier molecular flexibility index (Phi) is 5.86. The highest BCUT2D eigenvalue weighted by molar-refractivity contribution is 7.13. The smallest absolute Gasteiger partial charge is 0.261 e. The van der Waals surface area contributed by atoms with Gasteiger partial charge in [-0.05, 0) is 31.9 Å². The van der Waals surface area contributed by atoms with Gasteiger partial charge in [0, 0.05) is 43.0 Å². The summed E-state index contributed by atoms with van der Waals surface area (Å²) in [5.41, 5.74) is 0. The van der Waals surface area contributed by atoms with Crippen LogP contribution in [-0.4, -0.2) is 61.6 Å². The lowest BCUT2D eigenvalue weighted by molar-refractivity contribution is -0.133. The maximum absolute atomic E-state index is 12.4. The number of morpholine rings is 1. The van der Waals surface area contributed by atoms with Crippen molar-refractivity contribution in [3.63, 3.8) is 0 Å². The third-order valence-corrected chi connectivity index (χ3v) is 5.57. The Hall–Kier alpha value is -1.44. The zero-order valence-corrected chi connectivity index (χ0v) is 14.9. The summed E-state index contributed by atoms with van der Waals surface area (Å²) in [7, 11) is 0. The summed E-state index contributed by atoms with van der Waals surface area (Å²) < 4.78 is 5.40. The quantitative estimate of drug-likeness (QED) is 0.854. The summed E-state index contributed by atoms with van der Waals surface area (Å²) in [4.78, 5) is 28.4. The van der Waals surface area contributed by atoms with Crippen LogP contribution in [0.3, 0.4) is 0 Å². The highest BCUT2D eigenvalue weighted by atomic mass is 32.1. The van der Waals surface area contributed by atoms with Gasteiger partial charge in [0.05, 0.1) is 18.1 Å². The molecule has 1 unspecified atom stereocenters. The van der Waals surface area contributed by atoms with Crippen LogP contribution in [0.1, 0.15) is 33.8 Å². The fourth-order valence-electron chi connectivity index (χ4n) is 3.18. The molecule has 0 aromatic carbocycles. The Labute approximate surface area is 146 Å². The number of thiophene rings is 1. The molecule has 1 atom stereocenters. The standard InChI is InChI=1S/C17H25N3O3S/c1-12-2-3-15(24-12)17(22)19-13-4-7-20(8-5-13)16(21)10-14-11-23-9-6-18-14/h2-3,13-14,18H,4-11H2,1H3,(H,19,22). The number of rotatable bonds is 4. The molecule has 2 saturated heterocycles. The molecule has 2 fully saturated rings. The number of likely N-dealkylation sites (tertiary alicyclic amines) is 1. The van der Waals surface area contributed by atoms with E-state index in [4.69, 9.17) is 4.74 Å². The molecule has 3 rings (SSSR count). The van der Waals surface area contributed by atoms with Gasteiger partial charge in [-0.1, -0.05) is 0 Å². The molecule has 2 aliphatic rings. The van der Waals surface area contributed by atoms with E-state index >= 15 is 0 Å². The van der Waals surface area contributed by atoms with Crippen molar-refractivity contribution in [3.05, 3.63) is 21.9 Å². The van der Waals surface area contributed by atoms with E-state index in [0.29, 0.717) is 26.1 Å². The molecule has 7 heteroatoms. The maximum atomic E-state index is 12.4. The zero-order chi connectivity index (χ0) is 16.9. The number of nitrogens with zero attached hydrogens (tertiary/aromatic N) is 1. The third kappa shape index (κ3) is 4.55. The summed E-state index contributed by atoms with van der Waals surface area (Å²) in [6.45, 7) is 5.56. The van der Waals surface area contributed by atoms with Gasteiger partial charge >= 0.3 is 0 Å². The van der Waals surface area contributed by atoms with Crippen LogP contribution in [0.5, 0.6) is 0 Å². The van der Waals surface area contributed by atoms with Crippen LogP contribution in [0.2, 0.25) is 0 Å². The average Bonchev–Trinajstić information content (AvgIpc) is 3.03. The Bertz CT molecular complexity index is 575. The molecule has 2 N–H and O–H groups in total. The molecule has 2 aliphatic heterocycles. The van der Waals surface area contributed by atoms with Gasteiger partial charge in [0.15, 0.2) is 0 Å². The van der Waals surface area contributed by atoms with Gasteiger partial charge in [-0.3, -0.25) is 9.59 Å². The first kappa shape index (κ1) is 17.4. The molecule has 24 heavy (non-hydrogen) atoms. The van der Waals surface area contributed by atoms with E-state index in [1.54, 1.807) is 0 Å². The molecule has 0 saturated carbocycles. The van der Waals surface area contributed by atoms with E-state index in [-0.39, 0.29) is 23.9 Å². The molecule has 6 nitrogen and oxygen atoms in total. The van der Waals surface area contributed by atoms with Crippen LogP contribution in [-0.2, 0) is 9.53 Å². The fraction of sp³-hybridized carbons (Fsp3) is 0.647. The number of hydrogen-bond donors (Lipinski definition) is 2. The Morgan fingerprint density at radius 1 is 1.38 bits per heavy atom. The highest BCUT2D eigenvalue weighted by Gasteiger charge is 2.26. The summed E-state index contributed by atoms with van der Waals surface area (Å²) >= 11 is 1.51. The van der Waals surface area contributed by atoms with Gasteiger partial charge in [-0.25, -0.2) is 0 Å². The zero-order valence-electron chi connectivity index (χ0n) is 14.0. The lowest BCUT2D eigenvalue weighted by Crippen LogP contribution is -2.49. The van der Waals surface area contributed by atoms with Gasteiger partial charge in [0.25, 0.3) is 5.91 Å². The lowest BCUT2D eigenvalue weighted by Gasteiger charge is -2.33. The number of piperidine rings is 1. The average molecular weight is 351 g/mol. The van der Waals surface area contributed by atoms with Crippen molar-refractivity contribution in [1.29, 1.82) is 0 Å². The topological polar surface area (TPSA) is 70.7 Å². The number of amides is 2. The molecule has 2 amide bonds. The first-order chi connectivity index (χ1) is 11.6. The Morgan fingerprint density at radius 3 is 2.79 bits per heavy atom. The molecule has 0 bridgehead atoms. The minimum absolute atomic E-state index is 0.00132. The van der Waals surface area contributed by atoms with E-state index in [1.807, 2.05) is 24.0 Å². The molecule has 1 aromatic rings. The third-order valence-electron chi connectivity index (χ3n) is 4.57. The van der Waals surface area contributed by atoms with E-state index in [0.717, 1.165) is 35.7 Å².